The third kappa shape index (κ3) is 5.40. The van der Waals surface area contributed by atoms with Gasteiger partial charge in [0.1, 0.15) is 6.04 Å². The summed E-state index contributed by atoms with van der Waals surface area (Å²) in [5.74, 6) is -1.42. The molecule has 0 heterocycles. The minimum absolute atomic E-state index is 0.401. The van der Waals surface area contributed by atoms with Gasteiger partial charge in [0.25, 0.3) is 0 Å². The predicted octanol–water partition coefficient (Wildman–Crippen LogP) is 1.32. The van der Waals surface area contributed by atoms with Gasteiger partial charge in [-0.2, -0.15) is 0 Å². The normalized spacial score (nSPS) is 13.5. The molecule has 0 radical (unpaired) electrons. The first-order valence-corrected chi connectivity index (χ1v) is 6.87. The van der Waals surface area contributed by atoms with Crippen LogP contribution in [0.3, 0.4) is 0 Å². The fourth-order valence-electron chi connectivity index (χ4n) is 1.92. The van der Waals surface area contributed by atoms with E-state index in [2.05, 4.69) is 5.32 Å². The van der Waals surface area contributed by atoms with Crippen molar-refractivity contribution >= 4 is 11.9 Å². The Labute approximate surface area is 119 Å². The fourth-order valence-corrected chi connectivity index (χ4v) is 1.92. The number of hydrogen-bond acceptors (Lipinski definition) is 3. The van der Waals surface area contributed by atoms with E-state index >= 15 is 0 Å². The van der Waals surface area contributed by atoms with E-state index in [0.29, 0.717) is 25.7 Å². The van der Waals surface area contributed by atoms with Crippen molar-refractivity contribution in [1.82, 2.24) is 5.32 Å². The van der Waals surface area contributed by atoms with Crippen molar-refractivity contribution in [1.29, 1.82) is 0 Å². The Morgan fingerprint density at radius 3 is 2.45 bits per heavy atom. The third-order valence-corrected chi connectivity index (χ3v) is 3.12. The zero-order valence-corrected chi connectivity index (χ0v) is 11.7. The molecule has 2 atom stereocenters. The summed E-state index contributed by atoms with van der Waals surface area (Å²) in [5.41, 5.74) is 6.91. The average Bonchev–Trinajstić information content (AvgIpc) is 2.45. The van der Waals surface area contributed by atoms with Gasteiger partial charge in [0.05, 0.1) is 6.04 Å². The molecular weight excluding hydrogens is 256 g/mol. The number of carboxylic acid groups (broad SMARTS) is 1. The Morgan fingerprint density at radius 2 is 1.90 bits per heavy atom. The van der Waals surface area contributed by atoms with Crippen molar-refractivity contribution in [3.63, 3.8) is 0 Å². The van der Waals surface area contributed by atoms with Gasteiger partial charge >= 0.3 is 5.97 Å². The van der Waals surface area contributed by atoms with Crippen LogP contribution in [0, 0.1) is 0 Å². The molecule has 1 unspecified atom stereocenters. The van der Waals surface area contributed by atoms with Gasteiger partial charge in [0, 0.05) is 0 Å². The van der Waals surface area contributed by atoms with Crippen LogP contribution in [-0.2, 0) is 16.0 Å². The molecule has 0 aliphatic carbocycles. The first-order valence-electron chi connectivity index (χ1n) is 6.87. The molecule has 1 amide bonds. The van der Waals surface area contributed by atoms with E-state index in [0.717, 1.165) is 5.56 Å². The largest absolute Gasteiger partial charge is 0.480 e. The number of aryl methyl sites for hydroxylation is 1. The highest BCUT2D eigenvalue weighted by atomic mass is 16.4. The number of aliphatic carboxylic acids is 1. The van der Waals surface area contributed by atoms with Gasteiger partial charge in [0.2, 0.25) is 5.91 Å². The number of nitrogens with two attached hydrogens (primary N) is 1. The molecule has 1 rings (SSSR count). The summed E-state index contributed by atoms with van der Waals surface area (Å²) in [7, 11) is 0. The highest BCUT2D eigenvalue weighted by molar-refractivity contribution is 5.86. The SMILES string of the molecule is CCCC(NC(=O)[C@@H](N)CCc1ccccc1)C(=O)O. The minimum atomic E-state index is -1.02. The standard InChI is InChI=1S/C15H22N2O3/c1-2-6-13(15(19)20)17-14(18)12(16)10-9-11-7-4-3-5-8-11/h3-5,7-8,12-13H,2,6,9-10,16H2,1H3,(H,17,18)(H,19,20)/t12-,13?/m0/s1. The third-order valence-electron chi connectivity index (χ3n) is 3.12. The first-order chi connectivity index (χ1) is 9.54. The van der Waals surface area contributed by atoms with Gasteiger partial charge in [-0.1, -0.05) is 43.7 Å². The van der Waals surface area contributed by atoms with Crippen LogP contribution in [-0.4, -0.2) is 29.1 Å². The lowest BCUT2D eigenvalue weighted by molar-refractivity contribution is -0.142. The molecule has 0 aliphatic rings. The Balaban J connectivity index is 2.44. The van der Waals surface area contributed by atoms with Crippen molar-refractivity contribution in [2.75, 3.05) is 0 Å². The smallest absolute Gasteiger partial charge is 0.326 e. The van der Waals surface area contributed by atoms with Gasteiger partial charge < -0.3 is 16.2 Å². The maximum absolute atomic E-state index is 11.9. The highest BCUT2D eigenvalue weighted by Gasteiger charge is 2.22. The van der Waals surface area contributed by atoms with Gasteiger partial charge in [-0.15, -0.1) is 0 Å². The van der Waals surface area contributed by atoms with E-state index in [1.165, 1.54) is 0 Å². The monoisotopic (exact) mass is 278 g/mol. The second-order valence-electron chi connectivity index (χ2n) is 4.82. The molecule has 5 heteroatoms. The van der Waals surface area contributed by atoms with Crippen LogP contribution < -0.4 is 11.1 Å². The van der Waals surface area contributed by atoms with Crippen LogP contribution >= 0.6 is 0 Å². The second-order valence-corrected chi connectivity index (χ2v) is 4.82. The van der Waals surface area contributed by atoms with E-state index in [4.69, 9.17) is 10.8 Å². The molecule has 0 spiro atoms. The molecule has 0 aromatic heterocycles. The van der Waals surface area contributed by atoms with Gasteiger partial charge in [0.15, 0.2) is 0 Å². The number of amides is 1. The lowest BCUT2D eigenvalue weighted by Crippen LogP contribution is -2.48. The highest BCUT2D eigenvalue weighted by Crippen LogP contribution is 2.05. The predicted molar refractivity (Wildman–Crippen MR) is 77.2 cm³/mol. The maximum atomic E-state index is 11.9. The number of benzene rings is 1. The lowest BCUT2D eigenvalue weighted by atomic mass is 10.0. The van der Waals surface area contributed by atoms with E-state index < -0.39 is 24.0 Å². The number of carbonyl (C=O) groups excluding carboxylic acids is 1. The maximum Gasteiger partial charge on any atom is 0.326 e. The average molecular weight is 278 g/mol. The molecule has 0 fully saturated rings. The molecule has 1 aromatic rings. The Morgan fingerprint density at radius 1 is 1.25 bits per heavy atom. The molecule has 4 N–H and O–H groups in total. The Bertz CT molecular complexity index is 434. The zero-order valence-electron chi connectivity index (χ0n) is 11.7. The summed E-state index contributed by atoms with van der Waals surface area (Å²) in [6, 6.07) is 8.21. The molecule has 110 valence electrons. The molecule has 0 saturated carbocycles. The van der Waals surface area contributed by atoms with Gasteiger partial charge in [-0.25, -0.2) is 4.79 Å². The van der Waals surface area contributed by atoms with Crippen LogP contribution in [0.5, 0.6) is 0 Å². The van der Waals surface area contributed by atoms with E-state index in [1.807, 2.05) is 37.3 Å². The van der Waals surface area contributed by atoms with Gasteiger partial charge in [-0.3, -0.25) is 4.79 Å². The van der Waals surface area contributed by atoms with Crippen LogP contribution in [0.4, 0.5) is 0 Å². The van der Waals surface area contributed by atoms with Crippen molar-refractivity contribution in [3.8, 4) is 0 Å². The Kier molecular flexibility index (Phi) is 6.73. The van der Waals surface area contributed by atoms with Crippen LogP contribution in [0.25, 0.3) is 0 Å². The van der Waals surface area contributed by atoms with E-state index in [-0.39, 0.29) is 0 Å². The zero-order chi connectivity index (χ0) is 15.0. The van der Waals surface area contributed by atoms with Crippen molar-refractivity contribution in [2.24, 2.45) is 5.73 Å². The Hall–Kier alpha value is -1.88. The molecule has 0 saturated heterocycles. The summed E-state index contributed by atoms with van der Waals surface area (Å²) >= 11 is 0. The van der Waals surface area contributed by atoms with E-state index in [9.17, 15) is 9.59 Å². The summed E-state index contributed by atoms with van der Waals surface area (Å²) in [6.07, 6.45) is 2.29. The molecular formula is C15H22N2O3. The van der Waals surface area contributed by atoms with Crippen molar-refractivity contribution in [2.45, 2.75) is 44.7 Å². The first kappa shape index (κ1) is 16.2. The number of carbonyl (C=O) groups is 2. The molecule has 5 nitrogen and oxygen atoms in total. The van der Waals surface area contributed by atoms with Crippen LogP contribution in [0.2, 0.25) is 0 Å². The van der Waals surface area contributed by atoms with Crippen molar-refractivity contribution < 1.29 is 14.7 Å². The summed E-state index contributed by atoms with van der Waals surface area (Å²) < 4.78 is 0. The van der Waals surface area contributed by atoms with Crippen molar-refractivity contribution in [3.05, 3.63) is 35.9 Å². The second kappa shape index (κ2) is 8.32. The van der Waals surface area contributed by atoms with Gasteiger partial charge in [-0.05, 0) is 24.8 Å². The quantitative estimate of drug-likeness (QED) is 0.668. The summed E-state index contributed by atoms with van der Waals surface area (Å²) in [4.78, 5) is 22.8. The number of hydrogen-bond donors (Lipinski definition) is 3. The molecule has 20 heavy (non-hydrogen) atoms. The topological polar surface area (TPSA) is 92.4 Å². The summed E-state index contributed by atoms with van der Waals surface area (Å²) in [5, 5.41) is 11.5. The van der Waals surface area contributed by atoms with Crippen LogP contribution in [0.15, 0.2) is 30.3 Å². The fraction of sp³-hybridized carbons (Fsp3) is 0.467. The van der Waals surface area contributed by atoms with Crippen LogP contribution in [0.1, 0.15) is 31.7 Å². The minimum Gasteiger partial charge on any atom is -0.480 e. The van der Waals surface area contributed by atoms with E-state index in [1.54, 1.807) is 0 Å². The number of carboxylic acids is 1. The molecule has 0 bridgehead atoms. The number of rotatable bonds is 8. The summed E-state index contributed by atoms with van der Waals surface area (Å²) in [6.45, 7) is 1.87. The lowest BCUT2D eigenvalue weighted by Gasteiger charge is -2.17. The molecule has 1 aromatic carbocycles. The number of nitrogens with one attached hydrogen (secondary N) is 1. The molecule has 0 aliphatic heterocycles.